The predicted octanol–water partition coefficient (Wildman–Crippen LogP) is 2.24. The molecule has 0 saturated heterocycles. The van der Waals surface area contributed by atoms with Crippen molar-refractivity contribution in [1.82, 2.24) is 9.97 Å². The van der Waals surface area contributed by atoms with Crippen LogP contribution in [0.2, 0.25) is 5.15 Å². The lowest BCUT2D eigenvalue weighted by Gasteiger charge is -2.14. The van der Waals surface area contributed by atoms with Gasteiger partial charge in [-0.15, -0.1) is 0 Å². The zero-order valence-corrected chi connectivity index (χ0v) is 11.6. The second-order valence-electron chi connectivity index (χ2n) is 4.04. The molecule has 0 bridgehead atoms. The third-order valence-corrected chi connectivity index (χ3v) is 2.56. The van der Waals surface area contributed by atoms with Crippen LogP contribution in [0.1, 0.15) is 32.5 Å². The lowest BCUT2D eigenvalue weighted by molar-refractivity contribution is 0.128. The summed E-state index contributed by atoms with van der Waals surface area (Å²) < 4.78 is 5.25. The molecule has 1 rings (SSSR count). The number of aliphatic hydroxyl groups is 1. The Hall–Kier alpha value is -0.910. The summed E-state index contributed by atoms with van der Waals surface area (Å²) in [6.45, 7) is 5.13. The highest BCUT2D eigenvalue weighted by atomic mass is 35.5. The van der Waals surface area contributed by atoms with Crippen LogP contribution in [0.25, 0.3) is 0 Å². The van der Waals surface area contributed by atoms with Gasteiger partial charge in [0.25, 0.3) is 0 Å². The molecule has 1 atom stereocenters. The van der Waals surface area contributed by atoms with Gasteiger partial charge in [-0.25, -0.2) is 9.97 Å². The Bertz CT molecular complexity index is 363. The summed E-state index contributed by atoms with van der Waals surface area (Å²) >= 11 is 5.93. The van der Waals surface area contributed by atoms with Crippen LogP contribution in [0.15, 0.2) is 6.07 Å². The molecule has 102 valence electrons. The molecule has 0 aliphatic heterocycles. The lowest BCUT2D eigenvalue weighted by atomic mass is 10.2. The SMILES string of the molecule is CCOCc1nc(Cl)cc(NC(C)CCCO)n1. The highest BCUT2D eigenvalue weighted by Crippen LogP contribution is 2.14. The Morgan fingerprint density at radius 1 is 1.50 bits per heavy atom. The molecule has 2 N–H and O–H groups in total. The number of ether oxygens (including phenoxy) is 1. The van der Waals surface area contributed by atoms with Gasteiger partial charge in [0.1, 0.15) is 17.6 Å². The first-order chi connectivity index (χ1) is 8.65. The summed E-state index contributed by atoms with van der Waals surface area (Å²) in [6.07, 6.45) is 1.64. The zero-order chi connectivity index (χ0) is 13.4. The number of nitrogens with zero attached hydrogens (tertiary/aromatic N) is 2. The molecular weight excluding hydrogens is 254 g/mol. The minimum atomic E-state index is 0.201. The van der Waals surface area contributed by atoms with E-state index in [0.29, 0.717) is 30.0 Å². The summed E-state index contributed by atoms with van der Waals surface area (Å²) in [5, 5.41) is 12.4. The Balaban J connectivity index is 2.61. The topological polar surface area (TPSA) is 67.3 Å². The first-order valence-corrected chi connectivity index (χ1v) is 6.52. The van der Waals surface area contributed by atoms with E-state index < -0.39 is 0 Å². The normalized spacial score (nSPS) is 12.4. The molecular formula is C12H20ClN3O2. The third-order valence-electron chi connectivity index (χ3n) is 2.37. The second kappa shape index (κ2) is 8.24. The van der Waals surface area contributed by atoms with Crippen molar-refractivity contribution < 1.29 is 9.84 Å². The van der Waals surface area contributed by atoms with Crippen molar-refractivity contribution in [2.24, 2.45) is 0 Å². The van der Waals surface area contributed by atoms with E-state index in [1.165, 1.54) is 0 Å². The highest BCUT2D eigenvalue weighted by Gasteiger charge is 2.06. The molecule has 5 nitrogen and oxygen atoms in total. The van der Waals surface area contributed by atoms with Gasteiger partial charge < -0.3 is 15.2 Å². The van der Waals surface area contributed by atoms with Crippen LogP contribution in [0.4, 0.5) is 5.82 Å². The van der Waals surface area contributed by atoms with Crippen LogP contribution in [0.5, 0.6) is 0 Å². The van der Waals surface area contributed by atoms with Gasteiger partial charge in [-0.1, -0.05) is 11.6 Å². The maximum atomic E-state index is 8.78. The molecule has 1 heterocycles. The molecule has 0 aromatic carbocycles. The lowest BCUT2D eigenvalue weighted by Crippen LogP contribution is -2.17. The molecule has 6 heteroatoms. The highest BCUT2D eigenvalue weighted by molar-refractivity contribution is 6.29. The number of nitrogens with one attached hydrogen (secondary N) is 1. The Labute approximate surface area is 113 Å². The quantitative estimate of drug-likeness (QED) is 0.711. The zero-order valence-electron chi connectivity index (χ0n) is 10.8. The minimum Gasteiger partial charge on any atom is -0.396 e. The van der Waals surface area contributed by atoms with Crippen molar-refractivity contribution in [2.75, 3.05) is 18.5 Å². The molecule has 1 aromatic rings. The molecule has 0 saturated carbocycles. The Morgan fingerprint density at radius 3 is 2.94 bits per heavy atom. The van der Waals surface area contributed by atoms with Crippen LogP contribution in [0, 0.1) is 0 Å². The van der Waals surface area contributed by atoms with E-state index >= 15 is 0 Å². The van der Waals surface area contributed by atoms with Crippen molar-refractivity contribution in [3.63, 3.8) is 0 Å². The van der Waals surface area contributed by atoms with E-state index in [2.05, 4.69) is 15.3 Å². The van der Waals surface area contributed by atoms with E-state index in [0.717, 1.165) is 12.8 Å². The van der Waals surface area contributed by atoms with E-state index in [1.54, 1.807) is 6.07 Å². The summed E-state index contributed by atoms with van der Waals surface area (Å²) in [4.78, 5) is 8.42. The van der Waals surface area contributed by atoms with Gasteiger partial charge in [0.15, 0.2) is 5.82 Å². The first-order valence-electron chi connectivity index (χ1n) is 6.14. The van der Waals surface area contributed by atoms with Crippen LogP contribution in [-0.2, 0) is 11.3 Å². The molecule has 0 radical (unpaired) electrons. The molecule has 1 aromatic heterocycles. The van der Waals surface area contributed by atoms with Crippen molar-refractivity contribution in [3.05, 3.63) is 17.0 Å². The number of rotatable bonds is 8. The molecule has 18 heavy (non-hydrogen) atoms. The smallest absolute Gasteiger partial charge is 0.158 e. The largest absolute Gasteiger partial charge is 0.396 e. The van der Waals surface area contributed by atoms with Crippen molar-refractivity contribution in [1.29, 1.82) is 0 Å². The number of anilines is 1. The van der Waals surface area contributed by atoms with Gasteiger partial charge in [-0.3, -0.25) is 0 Å². The molecule has 0 fully saturated rings. The summed E-state index contributed by atoms with van der Waals surface area (Å²) in [5.74, 6) is 1.26. The summed E-state index contributed by atoms with van der Waals surface area (Å²) in [7, 11) is 0. The van der Waals surface area contributed by atoms with Crippen molar-refractivity contribution in [2.45, 2.75) is 39.3 Å². The van der Waals surface area contributed by atoms with E-state index in [9.17, 15) is 0 Å². The summed E-state index contributed by atoms with van der Waals surface area (Å²) in [5.41, 5.74) is 0. The van der Waals surface area contributed by atoms with Crippen molar-refractivity contribution >= 4 is 17.4 Å². The molecule has 0 spiro atoms. The number of hydrogen-bond acceptors (Lipinski definition) is 5. The fraction of sp³-hybridized carbons (Fsp3) is 0.667. The average Bonchev–Trinajstić information content (AvgIpc) is 2.33. The summed E-state index contributed by atoms with van der Waals surface area (Å²) in [6, 6.07) is 1.91. The van der Waals surface area contributed by atoms with E-state index in [4.69, 9.17) is 21.4 Å². The van der Waals surface area contributed by atoms with Crippen LogP contribution in [0.3, 0.4) is 0 Å². The second-order valence-corrected chi connectivity index (χ2v) is 4.43. The first kappa shape index (κ1) is 15.1. The standard InChI is InChI=1S/C12H20ClN3O2/c1-3-18-8-12-15-10(13)7-11(16-12)14-9(2)5-4-6-17/h7,9,17H,3-6,8H2,1-2H3,(H,14,15,16). The molecule has 0 aliphatic carbocycles. The van der Waals surface area contributed by atoms with Gasteiger partial charge in [-0.2, -0.15) is 0 Å². The van der Waals surface area contributed by atoms with E-state index in [-0.39, 0.29) is 12.6 Å². The number of aromatic nitrogens is 2. The number of aliphatic hydroxyl groups excluding tert-OH is 1. The van der Waals surface area contributed by atoms with Crippen LogP contribution >= 0.6 is 11.6 Å². The molecule has 0 amide bonds. The third kappa shape index (κ3) is 5.62. The maximum Gasteiger partial charge on any atom is 0.158 e. The molecule has 0 aliphatic rings. The van der Waals surface area contributed by atoms with Gasteiger partial charge in [0.05, 0.1) is 0 Å². The Morgan fingerprint density at radius 2 is 2.28 bits per heavy atom. The Kier molecular flexibility index (Phi) is 6.93. The monoisotopic (exact) mass is 273 g/mol. The number of hydrogen-bond donors (Lipinski definition) is 2. The average molecular weight is 274 g/mol. The fourth-order valence-electron chi connectivity index (χ4n) is 1.52. The number of halogens is 1. The van der Waals surface area contributed by atoms with Crippen LogP contribution in [-0.4, -0.2) is 34.3 Å². The predicted molar refractivity (Wildman–Crippen MR) is 71.8 cm³/mol. The minimum absolute atomic E-state index is 0.201. The molecule has 1 unspecified atom stereocenters. The van der Waals surface area contributed by atoms with Gasteiger partial charge in [-0.05, 0) is 26.7 Å². The maximum absolute atomic E-state index is 8.78. The van der Waals surface area contributed by atoms with E-state index in [1.807, 2.05) is 13.8 Å². The van der Waals surface area contributed by atoms with Crippen molar-refractivity contribution in [3.8, 4) is 0 Å². The van der Waals surface area contributed by atoms with Crippen LogP contribution < -0.4 is 5.32 Å². The van der Waals surface area contributed by atoms with Gasteiger partial charge in [0, 0.05) is 25.3 Å². The fourth-order valence-corrected chi connectivity index (χ4v) is 1.72. The van der Waals surface area contributed by atoms with Gasteiger partial charge in [0.2, 0.25) is 0 Å². The van der Waals surface area contributed by atoms with Gasteiger partial charge >= 0.3 is 0 Å².